The van der Waals surface area contributed by atoms with E-state index in [0.717, 1.165) is 12.1 Å². The van der Waals surface area contributed by atoms with Crippen LogP contribution >= 0.6 is 0 Å². The summed E-state index contributed by atoms with van der Waals surface area (Å²) in [6.07, 6.45) is -2.39. The first kappa shape index (κ1) is 25.9. The van der Waals surface area contributed by atoms with Crippen molar-refractivity contribution in [3.63, 3.8) is 0 Å². The van der Waals surface area contributed by atoms with Crippen LogP contribution in [0.5, 0.6) is 5.75 Å². The van der Waals surface area contributed by atoms with Gasteiger partial charge in [0.25, 0.3) is 5.91 Å². The molecule has 3 rings (SSSR count). The van der Waals surface area contributed by atoms with E-state index in [1.54, 1.807) is 33.0 Å². The number of carboxylic acid groups (broad SMARTS) is 1. The molecule has 1 aromatic heterocycles. The SMILES string of the molecule is CCC(C)(C)[C@H](NC(=O)c1ccc2cnc(C)nc2c1OCc1ccc(C(F)(F)F)cc1)C(=O)O. The average Bonchev–Trinajstić information content (AvgIpc) is 2.80. The first-order chi connectivity index (χ1) is 16.3. The number of amides is 1. The zero-order valence-corrected chi connectivity index (χ0v) is 19.7. The van der Waals surface area contributed by atoms with E-state index in [4.69, 9.17) is 4.74 Å². The molecule has 0 spiro atoms. The molecular formula is C25H26F3N3O4. The highest BCUT2D eigenvalue weighted by Gasteiger charge is 2.36. The molecule has 7 nitrogen and oxygen atoms in total. The molecule has 0 bridgehead atoms. The minimum absolute atomic E-state index is 0.0562. The van der Waals surface area contributed by atoms with Gasteiger partial charge in [-0.2, -0.15) is 13.2 Å². The minimum atomic E-state index is -4.46. The van der Waals surface area contributed by atoms with Crippen LogP contribution in [-0.4, -0.2) is 33.0 Å². The molecule has 0 saturated carbocycles. The standard InChI is InChI=1S/C25H26F3N3O4/c1-5-24(3,4)21(23(33)34)31-22(32)18-11-8-16-12-29-14(2)30-19(16)20(18)35-13-15-6-9-17(10-7-15)25(26,27)28/h6-12,21H,5,13H2,1-4H3,(H,31,32)(H,33,34)/t21-/m1/s1. The molecule has 1 heterocycles. The van der Waals surface area contributed by atoms with Crippen LogP contribution in [-0.2, 0) is 17.6 Å². The Kier molecular flexibility index (Phi) is 7.33. The van der Waals surface area contributed by atoms with E-state index in [2.05, 4.69) is 15.3 Å². The van der Waals surface area contributed by atoms with Crippen LogP contribution in [0.4, 0.5) is 13.2 Å². The summed E-state index contributed by atoms with van der Waals surface area (Å²) in [6, 6.07) is 6.42. The predicted molar refractivity (Wildman–Crippen MR) is 123 cm³/mol. The number of nitrogens with zero attached hydrogens (tertiary/aromatic N) is 2. The molecule has 2 N–H and O–H groups in total. The fraction of sp³-hybridized carbons (Fsp3) is 0.360. The zero-order chi connectivity index (χ0) is 26.0. The molecule has 1 atom stereocenters. The number of alkyl halides is 3. The van der Waals surface area contributed by atoms with Crippen LogP contribution in [0, 0.1) is 12.3 Å². The summed E-state index contributed by atoms with van der Waals surface area (Å²) >= 11 is 0. The summed E-state index contributed by atoms with van der Waals surface area (Å²) in [4.78, 5) is 33.6. The summed E-state index contributed by atoms with van der Waals surface area (Å²) in [5, 5.41) is 12.9. The van der Waals surface area contributed by atoms with Gasteiger partial charge in [0.15, 0.2) is 5.75 Å². The van der Waals surface area contributed by atoms with Gasteiger partial charge in [-0.3, -0.25) is 4.79 Å². The van der Waals surface area contributed by atoms with Gasteiger partial charge in [-0.1, -0.05) is 39.0 Å². The molecule has 0 fully saturated rings. The second-order valence-electron chi connectivity index (χ2n) is 8.87. The number of nitrogens with one attached hydrogen (secondary N) is 1. The third kappa shape index (κ3) is 5.87. The summed E-state index contributed by atoms with van der Waals surface area (Å²) in [5.74, 6) is -1.33. The number of fused-ring (bicyclic) bond motifs is 1. The predicted octanol–water partition coefficient (Wildman–Crippen LogP) is 5.16. The summed E-state index contributed by atoms with van der Waals surface area (Å²) in [7, 11) is 0. The molecular weight excluding hydrogens is 463 g/mol. The maximum absolute atomic E-state index is 13.2. The van der Waals surface area contributed by atoms with Gasteiger partial charge >= 0.3 is 12.1 Å². The summed E-state index contributed by atoms with van der Waals surface area (Å²) in [6.45, 7) is 6.84. The molecule has 2 aromatic carbocycles. The van der Waals surface area contributed by atoms with E-state index >= 15 is 0 Å². The number of carboxylic acids is 1. The van der Waals surface area contributed by atoms with Gasteiger partial charge in [0.2, 0.25) is 0 Å². The largest absolute Gasteiger partial charge is 0.486 e. The Hall–Kier alpha value is -3.69. The Labute approximate surface area is 200 Å². The highest BCUT2D eigenvalue weighted by Crippen LogP contribution is 2.32. The van der Waals surface area contributed by atoms with E-state index in [-0.39, 0.29) is 17.9 Å². The second kappa shape index (κ2) is 9.89. The molecule has 10 heteroatoms. The molecule has 0 aliphatic rings. The maximum atomic E-state index is 13.2. The number of hydrogen-bond donors (Lipinski definition) is 2. The van der Waals surface area contributed by atoms with Crippen molar-refractivity contribution in [2.75, 3.05) is 0 Å². The third-order valence-electron chi connectivity index (χ3n) is 5.95. The number of aryl methyl sites for hydroxylation is 1. The average molecular weight is 489 g/mol. The number of halogens is 3. The lowest BCUT2D eigenvalue weighted by Gasteiger charge is -2.31. The molecule has 186 valence electrons. The fourth-order valence-electron chi connectivity index (χ4n) is 3.43. The number of carbonyl (C=O) groups excluding carboxylic acids is 1. The van der Waals surface area contributed by atoms with Crippen molar-refractivity contribution < 1.29 is 32.6 Å². The highest BCUT2D eigenvalue weighted by atomic mass is 19.4. The van der Waals surface area contributed by atoms with Crippen LogP contribution in [0.25, 0.3) is 10.9 Å². The Morgan fingerprint density at radius 3 is 2.34 bits per heavy atom. The van der Waals surface area contributed by atoms with Crippen LogP contribution in [0.3, 0.4) is 0 Å². The van der Waals surface area contributed by atoms with Crippen LogP contribution < -0.4 is 10.1 Å². The highest BCUT2D eigenvalue weighted by molar-refractivity contribution is 6.03. The van der Waals surface area contributed by atoms with Crippen LogP contribution in [0.2, 0.25) is 0 Å². The molecule has 0 aliphatic heterocycles. The number of aromatic nitrogens is 2. The Morgan fingerprint density at radius 1 is 1.11 bits per heavy atom. The molecule has 0 aliphatic carbocycles. The van der Waals surface area contributed by atoms with E-state index < -0.39 is 35.1 Å². The third-order valence-corrected chi connectivity index (χ3v) is 5.95. The van der Waals surface area contributed by atoms with Crippen molar-refractivity contribution in [3.05, 3.63) is 65.1 Å². The van der Waals surface area contributed by atoms with Crippen molar-refractivity contribution in [1.29, 1.82) is 0 Å². The van der Waals surface area contributed by atoms with Crippen LogP contribution in [0.15, 0.2) is 42.6 Å². The number of aliphatic carboxylic acids is 1. The lowest BCUT2D eigenvalue weighted by atomic mass is 9.81. The Morgan fingerprint density at radius 2 is 1.77 bits per heavy atom. The smallest absolute Gasteiger partial charge is 0.416 e. The van der Waals surface area contributed by atoms with E-state index in [9.17, 15) is 27.9 Å². The molecule has 0 saturated heterocycles. The number of rotatable bonds is 8. The van der Waals surface area contributed by atoms with Crippen molar-refractivity contribution >= 4 is 22.8 Å². The van der Waals surface area contributed by atoms with Crippen molar-refractivity contribution in [2.45, 2.75) is 52.9 Å². The van der Waals surface area contributed by atoms with Gasteiger partial charge < -0.3 is 15.2 Å². The minimum Gasteiger partial charge on any atom is -0.486 e. The lowest BCUT2D eigenvalue weighted by molar-refractivity contribution is -0.142. The molecule has 0 radical (unpaired) electrons. The number of ether oxygens (including phenoxy) is 1. The molecule has 1 amide bonds. The fourth-order valence-corrected chi connectivity index (χ4v) is 3.43. The maximum Gasteiger partial charge on any atom is 0.416 e. The lowest BCUT2D eigenvalue weighted by Crippen LogP contribution is -2.50. The molecule has 3 aromatic rings. The van der Waals surface area contributed by atoms with Crippen LogP contribution in [0.1, 0.15) is 54.5 Å². The van der Waals surface area contributed by atoms with Gasteiger partial charge in [-0.25, -0.2) is 14.8 Å². The Bertz CT molecular complexity index is 1240. The van der Waals surface area contributed by atoms with Gasteiger partial charge in [0.1, 0.15) is 24.0 Å². The van der Waals surface area contributed by atoms with Gasteiger partial charge in [0.05, 0.1) is 11.1 Å². The number of hydrogen-bond acceptors (Lipinski definition) is 5. The Balaban J connectivity index is 1.98. The quantitative estimate of drug-likeness (QED) is 0.454. The summed E-state index contributed by atoms with van der Waals surface area (Å²) < 4.78 is 44.5. The zero-order valence-electron chi connectivity index (χ0n) is 19.7. The first-order valence-corrected chi connectivity index (χ1v) is 10.9. The van der Waals surface area contributed by atoms with Crippen molar-refractivity contribution in [3.8, 4) is 5.75 Å². The molecule has 0 unspecified atom stereocenters. The van der Waals surface area contributed by atoms with E-state index in [0.29, 0.717) is 28.7 Å². The van der Waals surface area contributed by atoms with E-state index in [1.165, 1.54) is 18.2 Å². The normalized spacial score (nSPS) is 12.9. The topological polar surface area (TPSA) is 101 Å². The van der Waals surface area contributed by atoms with Crippen molar-refractivity contribution in [1.82, 2.24) is 15.3 Å². The number of benzene rings is 2. The van der Waals surface area contributed by atoms with Gasteiger partial charge in [-0.15, -0.1) is 0 Å². The first-order valence-electron chi connectivity index (χ1n) is 10.9. The van der Waals surface area contributed by atoms with Gasteiger partial charge in [-0.05, 0) is 42.5 Å². The molecule has 35 heavy (non-hydrogen) atoms. The summed E-state index contributed by atoms with van der Waals surface area (Å²) in [5.41, 5.74) is -0.673. The van der Waals surface area contributed by atoms with Crippen molar-refractivity contribution in [2.24, 2.45) is 5.41 Å². The van der Waals surface area contributed by atoms with Gasteiger partial charge in [0, 0.05) is 11.6 Å². The second-order valence-corrected chi connectivity index (χ2v) is 8.87. The van der Waals surface area contributed by atoms with E-state index in [1.807, 2.05) is 6.92 Å². The number of carbonyl (C=O) groups is 2. The monoisotopic (exact) mass is 489 g/mol.